The number of hydrogen-bond acceptors (Lipinski definition) is 40. The molecule has 12 rings (SSSR count). The van der Waals surface area contributed by atoms with Crippen molar-refractivity contribution in [3.8, 4) is 0 Å². The number of esters is 4. The minimum atomic E-state index is -2.17. The van der Waals surface area contributed by atoms with Gasteiger partial charge in [-0.15, -0.1) is 6.58 Å². The van der Waals surface area contributed by atoms with Crippen LogP contribution in [0.5, 0.6) is 0 Å². The third-order valence-corrected chi connectivity index (χ3v) is 29.0. The van der Waals surface area contributed by atoms with E-state index < -0.39 is 323 Å². The highest BCUT2D eigenvalue weighted by Crippen LogP contribution is 2.76. The van der Waals surface area contributed by atoms with Crippen LogP contribution < -0.4 is 0 Å². The van der Waals surface area contributed by atoms with Crippen LogP contribution in [0.25, 0.3) is 0 Å². The Labute approximate surface area is 705 Å². The first-order chi connectivity index (χ1) is 57.1. The molecule has 0 aromatic rings. The lowest BCUT2D eigenvalue weighted by atomic mass is 9.32. The van der Waals surface area contributed by atoms with Crippen molar-refractivity contribution < 1.29 is 197 Å². The van der Waals surface area contributed by atoms with Crippen LogP contribution in [0.15, 0.2) is 36.0 Å². The number of fused-ring (bicyclic) bond motifs is 7. The fourth-order valence-corrected chi connectivity index (χ4v) is 21.4. The summed E-state index contributed by atoms with van der Waals surface area (Å²) in [4.78, 5) is 54.3. The average molecular weight is 1750 g/mol. The van der Waals surface area contributed by atoms with E-state index in [1.807, 2.05) is 34.6 Å². The quantitative estimate of drug-likeness (QED) is 0.0134. The number of aliphatic hydroxyl groups excluding tert-OH is 18. The molecule has 7 saturated heterocycles. The van der Waals surface area contributed by atoms with E-state index in [0.717, 1.165) is 13.8 Å². The van der Waals surface area contributed by atoms with E-state index in [4.69, 9.17) is 80.5 Å². The molecular weight excluding hydrogens is 1620 g/mol. The number of hydrogen-bond donors (Lipinski definition) is 19. The maximum absolute atomic E-state index is 16.2. The van der Waals surface area contributed by atoms with Gasteiger partial charge in [-0.25, -0.2) is 4.79 Å². The van der Waals surface area contributed by atoms with Crippen LogP contribution in [0.3, 0.4) is 0 Å². The molecule has 19 N–H and O–H groups in total. The van der Waals surface area contributed by atoms with Gasteiger partial charge in [0.1, 0.15) is 140 Å². The summed E-state index contributed by atoms with van der Waals surface area (Å²) in [5.41, 5.74) is -6.63. The molecule has 0 aromatic carbocycles. The molecule has 0 spiro atoms. The normalized spacial score (nSPS) is 48.8. The number of aliphatic hydroxyl groups is 19. The van der Waals surface area contributed by atoms with Gasteiger partial charge in [0, 0.05) is 24.8 Å². The lowest BCUT2D eigenvalue weighted by Crippen LogP contribution is -2.73. The largest absolute Gasteiger partial charge is 0.463 e. The molecule has 0 amide bonds. The Kier molecular flexibility index (Phi) is 30.0. The van der Waals surface area contributed by atoms with Gasteiger partial charge in [-0.05, 0) is 117 Å². The Balaban J connectivity index is 0.771. The van der Waals surface area contributed by atoms with Gasteiger partial charge in [0.2, 0.25) is 6.29 Å². The SMILES string of the molecule is C=CC(C)(O)CC/C=C(\C)C(=O)OC1C(O)C(CO)OC(OC(=O)C23CCC(C)(C)CC2C2=CCC4C5(C)CCC(OC6OC(COC7OCC(OC(C)=O)C(O)C7OC7OC(COC(C)=O)C(O)C(O)C7O)C(O)C(O)C6O)C(C)(C)C5CCC4(C)C2(C)C(O)C3O)C1OC1OCC(OC2OCC(O)C(OC3OCC(O)C(O)C3O)C2O)C(O)C1O. The second-order valence-electron chi connectivity index (χ2n) is 37.7. The molecule has 12 aliphatic rings. The minimum absolute atomic E-state index is 0.0446. The molecule has 5 aliphatic carbocycles. The second kappa shape index (κ2) is 37.7. The smallest absolute Gasteiger partial charge is 0.333 e. The maximum Gasteiger partial charge on any atom is 0.333 e. The molecule has 0 aromatic heterocycles. The molecule has 4 saturated carbocycles. The highest BCUT2D eigenvalue weighted by molar-refractivity contribution is 5.88. The number of allylic oxidation sites excluding steroid dienone is 2. The lowest BCUT2D eigenvalue weighted by molar-refractivity contribution is -0.370. The van der Waals surface area contributed by atoms with E-state index in [-0.39, 0.29) is 43.1 Å². The monoisotopic (exact) mass is 1750 g/mol. The van der Waals surface area contributed by atoms with Gasteiger partial charge in [0.15, 0.2) is 56.1 Å². The molecule has 696 valence electrons. The van der Waals surface area contributed by atoms with E-state index in [0.29, 0.717) is 44.1 Å². The Morgan fingerprint density at radius 2 is 1.08 bits per heavy atom. The molecule has 42 unspecified atom stereocenters. The van der Waals surface area contributed by atoms with Crippen molar-refractivity contribution in [1.29, 1.82) is 0 Å². The summed E-state index contributed by atoms with van der Waals surface area (Å²) in [6.07, 6.45) is -51.9. The standard InChI is InChI=1S/C82H128O40/c1-13-78(9,105)20-14-15-33(2)67(103)118-62-52(92)40(26-83)113-74(64(62)121-69-57(97)51(91)43(30-109-69)114-70-60(100)61(39(87)28-108-70)119-68-56(96)48(88)38(86)27-107-68)122-75(104)82-24-23-76(5,6)25-37(82)36-16-17-46-79(10)21-19-47(77(7,8)45(79)18-22-80(46,11)81(36,12)65(101)66(82)102)117-71-58(98)54(94)50(90)42(115-71)31-110-73-63(53(93)44(32-111-73)112-35(4)85)120-72-59(99)55(95)49(89)41(116-72)29-106-34(3)84/h13,15-16,37-66,68-74,83,86-102,105H,1,14,17-32H2,2-12H3/b33-15+. The van der Waals surface area contributed by atoms with Crippen molar-refractivity contribution in [2.45, 2.75) is 355 Å². The zero-order chi connectivity index (χ0) is 89.5. The molecule has 40 nitrogen and oxygen atoms in total. The second-order valence-corrected chi connectivity index (χ2v) is 37.7. The third kappa shape index (κ3) is 18.4. The molecule has 42 atom stereocenters. The van der Waals surface area contributed by atoms with Gasteiger partial charge < -0.3 is 178 Å². The van der Waals surface area contributed by atoms with Crippen LogP contribution in [0.4, 0.5) is 0 Å². The molecule has 7 heterocycles. The summed E-state index contributed by atoms with van der Waals surface area (Å²) < 4.78 is 100. The van der Waals surface area contributed by atoms with Gasteiger partial charge in [-0.3, -0.25) is 14.4 Å². The van der Waals surface area contributed by atoms with Crippen LogP contribution in [0, 0.1) is 50.2 Å². The van der Waals surface area contributed by atoms with Gasteiger partial charge in [0.25, 0.3) is 0 Å². The minimum Gasteiger partial charge on any atom is -0.463 e. The van der Waals surface area contributed by atoms with Crippen molar-refractivity contribution >= 4 is 23.9 Å². The van der Waals surface area contributed by atoms with Gasteiger partial charge >= 0.3 is 23.9 Å². The summed E-state index contributed by atoms with van der Waals surface area (Å²) in [6.45, 7) is 18.6. The summed E-state index contributed by atoms with van der Waals surface area (Å²) in [5, 5.41) is 216. The average Bonchev–Trinajstić information content (AvgIpc) is 0.663. The van der Waals surface area contributed by atoms with Crippen molar-refractivity contribution in [3.63, 3.8) is 0 Å². The van der Waals surface area contributed by atoms with E-state index in [2.05, 4.69) is 26.5 Å². The van der Waals surface area contributed by atoms with Crippen LogP contribution >= 0.6 is 0 Å². The van der Waals surface area contributed by atoms with E-state index in [1.165, 1.54) is 26.0 Å². The fourth-order valence-electron chi connectivity index (χ4n) is 21.4. The van der Waals surface area contributed by atoms with Crippen LogP contribution in [-0.2, 0) is 99.7 Å². The summed E-state index contributed by atoms with van der Waals surface area (Å²) in [5.74, 6) is -5.04. The molecular formula is C82H128O40. The number of rotatable bonds is 25. The first-order valence-corrected chi connectivity index (χ1v) is 42.1. The Bertz CT molecular complexity index is 3680. The first-order valence-electron chi connectivity index (χ1n) is 42.1. The fraction of sp³-hybridized carbons (Fsp3) is 0.878. The predicted octanol–water partition coefficient (Wildman–Crippen LogP) is -4.71. The highest BCUT2D eigenvalue weighted by Gasteiger charge is 2.75. The summed E-state index contributed by atoms with van der Waals surface area (Å²) >= 11 is 0. The predicted molar refractivity (Wildman–Crippen MR) is 406 cm³/mol. The Morgan fingerprint density at radius 3 is 1.71 bits per heavy atom. The summed E-state index contributed by atoms with van der Waals surface area (Å²) in [7, 11) is 0. The van der Waals surface area contributed by atoms with E-state index in [9.17, 15) is 111 Å². The van der Waals surface area contributed by atoms with Crippen molar-refractivity contribution in [2.24, 2.45) is 50.2 Å². The van der Waals surface area contributed by atoms with Crippen LogP contribution in [0.1, 0.15) is 140 Å². The zero-order valence-corrected chi connectivity index (χ0v) is 70.4. The van der Waals surface area contributed by atoms with Crippen LogP contribution in [-0.4, -0.2) is 382 Å². The lowest BCUT2D eigenvalue weighted by Gasteiger charge is -2.72. The molecule has 0 radical (unpaired) electrons. The van der Waals surface area contributed by atoms with Gasteiger partial charge in [-0.1, -0.05) is 72.3 Å². The number of carbonyl (C=O) groups is 4. The van der Waals surface area contributed by atoms with Crippen molar-refractivity contribution in [1.82, 2.24) is 0 Å². The summed E-state index contributed by atoms with van der Waals surface area (Å²) in [6, 6.07) is 0. The van der Waals surface area contributed by atoms with Crippen molar-refractivity contribution in [2.75, 3.05) is 46.2 Å². The van der Waals surface area contributed by atoms with E-state index in [1.54, 1.807) is 0 Å². The number of carbonyl (C=O) groups excluding carboxylic acids is 4. The third-order valence-electron chi connectivity index (χ3n) is 29.0. The highest BCUT2D eigenvalue weighted by atomic mass is 16.8. The van der Waals surface area contributed by atoms with Crippen LogP contribution in [0.2, 0.25) is 0 Å². The zero-order valence-electron chi connectivity index (χ0n) is 70.4. The molecule has 122 heavy (non-hydrogen) atoms. The number of ether oxygens (including phenoxy) is 17. The topological polar surface area (TPSA) is 610 Å². The van der Waals surface area contributed by atoms with Gasteiger partial charge in [0.05, 0.1) is 63.6 Å². The Morgan fingerprint density at radius 1 is 0.516 bits per heavy atom. The van der Waals surface area contributed by atoms with E-state index >= 15 is 4.79 Å². The van der Waals surface area contributed by atoms with Gasteiger partial charge in [-0.2, -0.15) is 0 Å². The molecule has 40 heteroatoms. The van der Waals surface area contributed by atoms with Crippen molar-refractivity contribution in [3.05, 3.63) is 36.0 Å². The maximum atomic E-state index is 16.2. The molecule has 11 fully saturated rings. The first kappa shape index (κ1) is 96.9. The Hall–Kier alpha value is -4.18. The molecule has 7 aliphatic heterocycles. The molecule has 0 bridgehead atoms.